The molecule has 1 unspecified atom stereocenters. The number of fused-ring (bicyclic) bond motifs is 2. The average Bonchev–Trinajstić information content (AvgIpc) is 3.28. The minimum Gasteiger partial charge on any atom is -0.486 e. The molecule has 0 radical (unpaired) electrons. The molecule has 33 heavy (non-hydrogen) atoms. The van der Waals surface area contributed by atoms with Crippen LogP contribution in [-0.2, 0) is 0 Å². The Bertz CT molecular complexity index is 1320. The van der Waals surface area contributed by atoms with E-state index in [0.29, 0.717) is 47.0 Å². The maximum atomic E-state index is 13.4. The zero-order valence-electron chi connectivity index (χ0n) is 18.8. The monoisotopic (exact) mass is 443 g/mol. The number of rotatable bonds is 5. The maximum absolute atomic E-state index is 13.4. The molecule has 0 aliphatic carbocycles. The van der Waals surface area contributed by atoms with Crippen LogP contribution in [0.25, 0.3) is 22.3 Å². The summed E-state index contributed by atoms with van der Waals surface area (Å²) in [6, 6.07) is 13.0. The van der Waals surface area contributed by atoms with Crippen LogP contribution in [-0.4, -0.2) is 38.9 Å². The molecule has 4 aromatic rings. The molecule has 0 spiro atoms. The second-order valence-corrected chi connectivity index (χ2v) is 8.28. The van der Waals surface area contributed by atoms with Gasteiger partial charge in [-0.25, -0.2) is 9.67 Å². The summed E-state index contributed by atoms with van der Waals surface area (Å²) in [5.74, 6) is 1.18. The van der Waals surface area contributed by atoms with Crippen LogP contribution in [0, 0.1) is 0 Å². The SMILES string of the molecule is CC(NC(=O)c1cc(-c2ccc3c(c2)OCCO3)nc2c1cnn2C(C)C)c1ccccn1. The fourth-order valence-corrected chi connectivity index (χ4v) is 3.91. The van der Waals surface area contributed by atoms with Gasteiger partial charge in [-0.2, -0.15) is 5.10 Å². The van der Waals surface area contributed by atoms with E-state index in [9.17, 15) is 4.79 Å². The minimum absolute atomic E-state index is 0.0915. The van der Waals surface area contributed by atoms with Crippen molar-refractivity contribution in [2.45, 2.75) is 32.9 Å². The Kier molecular flexibility index (Phi) is 5.42. The number of benzene rings is 1. The van der Waals surface area contributed by atoms with Crippen LogP contribution in [0.15, 0.2) is 54.9 Å². The van der Waals surface area contributed by atoms with Crippen molar-refractivity contribution in [3.05, 3.63) is 66.1 Å². The van der Waals surface area contributed by atoms with Crippen LogP contribution in [0.4, 0.5) is 0 Å². The average molecular weight is 444 g/mol. The predicted molar refractivity (Wildman–Crippen MR) is 124 cm³/mol. The van der Waals surface area contributed by atoms with Crippen molar-refractivity contribution < 1.29 is 14.3 Å². The summed E-state index contributed by atoms with van der Waals surface area (Å²) < 4.78 is 13.2. The fourth-order valence-electron chi connectivity index (χ4n) is 3.91. The third kappa shape index (κ3) is 4.00. The number of hydrogen-bond acceptors (Lipinski definition) is 6. The molecule has 0 saturated carbocycles. The molecule has 4 heterocycles. The number of nitrogens with one attached hydrogen (secondary N) is 1. The summed E-state index contributed by atoms with van der Waals surface area (Å²) in [4.78, 5) is 22.6. The van der Waals surface area contributed by atoms with Gasteiger partial charge in [0.1, 0.15) is 13.2 Å². The van der Waals surface area contributed by atoms with Gasteiger partial charge in [0.25, 0.3) is 5.91 Å². The molecule has 0 fully saturated rings. The summed E-state index contributed by atoms with van der Waals surface area (Å²) >= 11 is 0. The third-order valence-corrected chi connectivity index (χ3v) is 5.62. The molecule has 168 valence electrons. The second kappa shape index (κ2) is 8.54. The highest BCUT2D eigenvalue weighted by atomic mass is 16.6. The molecular formula is C25H25N5O3. The Hall–Kier alpha value is -3.94. The molecule has 0 saturated heterocycles. The van der Waals surface area contributed by atoms with Crippen molar-refractivity contribution in [1.82, 2.24) is 25.1 Å². The van der Waals surface area contributed by atoms with Crippen molar-refractivity contribution in [3.63, 3.8) is 0 Å². The quantitative estimate of drug-likeness (QED) is 0.494. The third-order valence-electron chi connectivity index (χ3n) is 5.62. The first-order valence-electron chi connectivity index (χ1n) is 11.0. The molecule has 1 amide bonds. The number of nitrogens with zero attached hydrogens (tertiary/aromatic N) is 4. The Balaban J connectivity index is 1.58. The van der Waals surface area contributed by atoms with E-state index in [0.717, 1.165) is 11.3 Å². The highest BCUT2D eigenvalue weighted by Crippen LogP contribution is 2.35. The lowest BCUT2D eigenvalue weighted by Crippen LogP contribution is -2.27. The summed E-state index contributed by atoms with van der Waals surface area (Å²) in [7, 11) is 0. The van der Waals surface area contributed by atoms with E-state index in [1.54, 1.807) is 18.5 Å². The van der Waals surface area contributed by atoms with Crippen molar-refractivity contribution in [2.24, 2.45) is 0 Å². The number of pyridine rings is 2. The molecule has 1 aliphatic heterocycles. The Morgan fingerprint density at radius 3 is 2.64 bits per heavy atom. The second-order valence-electron chi connectivity index (χ2n) is 8.28. The summed E-state index contributed by atoms with van der Waals surface area (Å²) in [6.45, 7) is 7.02. The van der Waals surface area contributed by atoms with Crippen LogP contribution >= 0.6 is 0 Å². The standard InChI is InChI=1S/C25H25N5O3/c1-15(2)30-24-19(14-27-30)18(25(31)28-16(3)20-6-4-5-9-26-20)13-21(29-24)17-7-8-22-23(12-17)33-11-10-32-22/h4-9,12-16H,10-11H2,1-3H3,(H,28,31). The lowest BCUT2D eigenvalue weighted by Gasteiger charge is -2.19. The molecular weight excluding hydrogens is 418 g/mol. The lowest BCUT2D eigenvalue weighted by atomic mass is 10.0. The van der Waals surface area contributed by atoms with Crippen molar-refractivity contribution >= 4 is 16.9 Å². The summed E-state index contributed by atoms with van der Waals surface area (Å²) in [5, 5.41) is 8.26. The first kappa shape index (κ1) is 20.9. The summed E-state index contributed by atoms with van der Waals surface area (Å²) in [5.41, 5.74) is 3.47. The van der Waals surface area contributed by atoms with Gasteiger partial charge in [0.15, 0.2) is 17.1 Å². The molecule has 1 N–H and O–H groups in total. The first-order chi connectivity index (χ1) is 16.0. The van der Waals surface area contributed by atoms with Crippen LogP contribution in [0.5, 0.6) is 11.5 Å². The van der Waals surface area contributed by atoms with E-state index in [2.05, 4.69) is 15.4 Å². The first-order valence-corrected chi connectivity index (χ1v) is 11.0. The summed E-state index contributed by atoms with van der Waals surface area (Å²) in [6.07, 6.45) is 3.42. The van der Waals surface area contributed by atoms with Gasteiger partial charge in [-0.3, -0.25) is 9.78 Å². The molecule has 1 atom stereocenters. The van der Waals surface area contributed by atoms with Gasteiger partial charge in [-0.15, -0.1) is 0 Å². The highest BCUT2D eigenvalue weighted by molar-refractivity contribution is 6.06. The molecule has 8 heteroatoms. The van der Waals surface area contributed by atoms with Crippen LogP contribution in [0.1, 0.15) is 48.9 Å². The molecule has 1 aliphatic rings. The molecule has 0 bridgehead atoms. The Morgan fingerprint density at radius 2 is 1.88 bits per heavy atom. The largest absolute Gasteiger partial charge is 0.486 e. The van der Waals surface area contributed by atoms with E-state index in [1.807, 2.05) is 61.9 Å². The van der Waals surface area contributed by atoms with Gasteiger partial charge < -0.3 is 14.8 Å². The van der Waals surface area contributed by atoms with Gasteiger partial charge in [0, 0.05) is 17.8 Å². The zero-order chi connectivity index (χ0) is 22.9. The van der Waals surface area contributed by atoms with Gasteiger partial charge in [0.2, 0.25) is 0 Å². The number of carbonyl (C=O) groups excluding carboxylic acids is 1. The molecule has 3 aromatic heterocycles. The van der Waals surface area contributed by atoms with E-state index in [-0.39, 0.29) is 18.0 Å². The van der Waals surface area contributed by atoms with Crippen LogP contribution in [0.2, 0.25) is 0 Å². The number of hydrogen-bond donors (Lipinski definition) is 1. The predicted octanol–water partition coefficient (Wildman–Crippen LogP) is 4.34. The number of amides is 1. The smallest absolute Gasteiger partial charge is 0.252 e. The maximum Gasteiger partial charge on any atom is 0.252 e. The van der Waals surface area contributed by atoms with Crippen LogP contribution in [0.3, 0.4) is 0 Å². The van der Waals surface area contributed by atoms with Crippen LogP contribution < -0.4 is 14.8 Å². The van der Waals surface area contributed by atoms with Crippen molar-refractivity contribution in [2.75, 3.05) is 13.2 Å². The van der Waals surface area contributed by atoms with Gasteiger partial charge in [-0.1, -0.05) is 6.07 Å². The van der Waals surface area contributed by atoms with E-state index in [4.69, 9.17) is 14.5 Å². The molecule has 8 nitrogen and oxygen atoms in total. The number of ether oxygens (including phenoxy) is 2. The van der Waals surface area contributed by atoms with Gasteiger partial charge >= 0.3 is 0 Å². The molecule has 5 rings (SSSR count). The van der Waals surface area contributed by atoms with E-state index >= 15 is 0 Å². The number of aromatic nitrogens is 4. The topological polar surface area (TPSA) is 91.2 Å². The Labute approximate surface area is 191 Å². The fraction of sp³-hybridized carbons (Fsp3) is 0.280. The molecule has 1 aromatic carbocycles. The highest BCUT2D eigenvalue weighted by Gasteiger charge is 2.21. The zero-order valence-corrected chi connectivity index (χ0v) is 18.8. The lowest BCUT2D eigenvalue weighted by molar-refractivity contribution is 0.0940. The van der Waals surface area contributed by atoms with Crippen molar-refractivity contribution in [1.29, 1.82) is 0 Å². The normalized spacial score (nSPS) is 13.8. The van der Waals surface area contributed by atoms with E-state index < -0.39 is 0 Å². The van der Waals surface area contributed by atoms with E-state index in [1.165, 1.54) is 0 Å². The van der Waals surface area contributed by atoms with Gasteiger partial charge in [-0.05, 0) is 57.2 Å². The van der Waals surface area contributed by atoms with Crippen molar-refractivity contribution in [3.8, 4) is 22.8 Å². The number of carbonyl (C=O) groups is 1. The minimum atomic E-state index is -0.250. The Morgan fingerprint density at radius 1 is 1.06 bits per heavy atom. The van der Waals surface area contributed by atoms with Gasteiger partial charge in [0.05, 0.1) is 34.6 Å².